The van der Waals surface area contributed by atoms with Crippen LogP contribution in [-0.4, -0.2) is 22.9 Å². The quantitative estimate of drug-likeness (QED) is 0.478. The van der Waals surface area contributed by atoms with Gasteiger partial charge in [-0.3, -0.25) is 25.0 Å². The Balaban J connectivity index is 2.12. The number of nitrogens with one attached hydrogen (secondary N) is 1. The predicted molar refractivity (Wildman–Crippen MR) is 90.4 cm³/mol. The molecule has 0 aromatic heterocycles. The number of carbonyl (C=O) groups is 1. The van der Waals surface area contributed by atoms with Gasteiger partial charge in [0.2, 0.25) is 11.7 Å². The van der Waals surface area contributed by atoms with Crippen molar-refractivity contribution in [2.24, 2.45) is 0 Å². The first-order valence-electron chi connectivity index (χ1n) is 7.07. The van der Waals surface area contributed by atoms with Gasteiger partial charge in [0.15, 0.2) is 5.75 Å². The number of benzene rings is 2. The Morgan fingerprint density at radius 1 is 1.12 bits per heavy atom. The van der Waals surface area contributed by atoms with Gasteiger partial charge in [-0.15, -0.1) is 0 Å². The number of halogens is 1. The normalized spacial score (nSPS) is 10.5. The molecule has 134 valence electrons. The number of nitro groups is 2. The van der Waals surface area contributed by atoms with Crippen LogP contribution in [0.1, 0.15) is 5.56 Å². The first-order valence-corrected chi connectivity index (χ1v) is 7.07. The van der Waals surface area contributed by atoms with Gasteiger partial charge in [0.05, 0.1) is 17.0 Å². The van der Waals surface area contributed by atoms with Crippen molar-refractivity contribution in [1.29, 1.82) is 0 Å². The van der Waals surface area contributed by atoms with E-state index in [9.17, 15) is 29.4 Å². The van der Waals surface area contributed by atoms with E-state index in [0.717, 1.165) is 24.3 Å². The zero-order valence-electron chi connectivity index (χ0n) is 13.3. The smallest absolute Gasteiger partial charge is 0.312 e. The Kier molecular flexibility index (Phi) is 5.58. The summed E-state index contributed by atoms with van der Waals surface area (Å²) in [5.41, 5.74) is -0.574. The molecule has 0 unspecified atom stereocenters. The molecule has 0 aliphatic carbocycles. The van der Waals surface area contributed by atoms with E-state index in [-0.39, 0.29) is 22.7 Å². The largest absolute Gasteiger partial charge is 0.490 e. The highest BCUT2D eigenvalue weighted by Crippen LogP contribution is 2.29. The van der Waals surface area contributed by atoms with E-state index in [0.29, 0.717) is 0 Å². The third-order valence-corrected chi connectivity index (χ3v) is 3.24. The molecule has 9 nitrogen and oxygen atoms in total. The highest BCUT2D eigenvalue weighted by molar-refractivity contribution is 6.02. The standard InChI is InChI=1S/C16H12FN3O6/c1-26-15-6-4-11(9-14(15)20(24)25)18-16(21)7-3-10-2-5-13(19(22)23)12(17)8-10/h2-9H,1H3,(H,18,21). The van der Waals surface area contributed by atoms with Gasteiger partial charge in [0, 0.05) is 23.9 Å². The van der Waals surface area contributed by atoms with E-state index in [1.807, 2.05) is 0 Å². The molecule has 0 heterocycles. The van der Waals surface area contributed by atoms with Gasteiger partial charge in [-0.05, 0) is 35.9 Å². The number of nitro benzene ring substituents is 2. The molecule has 10 heteroatoms. The predicted octanol–water partition coefficient (Wildman–Crippen LogP) is 3.30. The maximum Gasteiger partial charge on any atom is 0.312 e. The van der Waals surface area contributed by atoms with Crippen LogP contribution in [0.2, 0.25) is 0 Å². The minimum atomic E-state index is -1.02. The minimum absolute atomic E-state index is 0.0462. The first-order chi connectivity index (χ1) is 12.3. The molecule has 1 amide bonds. The number of rotatable bonds is 6. The van der Waals surface area contributed by atoms with Crippen molar-refractivity contribution in [3.8, 4) is 5.75 Å². The maximum atomic E-state index is 13.5. The number of anilines is 1. The van der Waals surface area contributed by atoms with Crippen LogP contribution in [0, 0.1) is 26.0 Å². The number of ether oxygens (including phenoxy) is 1. The number of hydrogen-bond donors (Lipinski definition) is 1. The molecule has 2 aromatic carbocycles. The third-order valence-electron chi connectivity index (χ3n) is 3.24. The van der Waals surface area contributed by atoms with Crippen molar-refractivity contribution in [2.45, 2.75) is 0 Å². The number of methoxy groups -OCH3 is 1. The van der Waals surface area contributed by atoms with Crippen LogP contribution >= 0.6 is 0 Å². The lowest BCUT2D eigenvalue weighted by molar-refractivity contribution is -0.387. The van der Waals surface area contributed by atoms with Crippen molar-refractivity contribution >= 4 is 29.0 Å². The second-order valence-electron chi connectivity index (χ2n) is 4.93. The van der Waals surface area contributed by atoms with Gasteiger partial charge < -0.3 is 10.1 Å². The summed E-state index contributed by atoms with van der Waals surface area (Å²) < 4.78 is 18.4. The molecule has 0 saturated heterocycles. The van der Waals surface area contributed by atoms with Gasteiger partial charge >= 0.3 is 11.4 Å². The summed E-state index contributed by atoms with van der Waals surface area (Å²) in [5, 5.41) is 23.9. The summed E-state index contributed by atoms with van der Waals surface area (Å²) in [7, 11) is 1.28. The summed E-state index contributed by atoms with van der Waals surface area (Å²) in [4.78, 5) is 31.9. The molecule has 0 spiro atoms. The highest BCUT2D eigenvalue weighted by Gasteiger charge is 2.16. The molecule has 0 aliphatic rings. The topological polar surface area (TPSA) is 125 Å². The average molecular weight is 361 g/mol. The Morgan fingerprint density at radius 2 is 1.81 bits per heavy atom. The summed E-state index contributed by atoms with van der Waals surface area (Å²) in [6.45, 7) is 0. The lowest BCUT2D eigenvalue weighted by Gasteiger charge is -2.05. The molecular weight excluding hydrogens is 349 g/mol. The second kappa shape index (κ2) is 7.83. The monoisotopic (exact) mass is 361 g/mol. The molecule has 2 rings (SSSR count). The fraction of sp³-hybridized carbons (Fsp3) is 0.0625. The van der Waals surface area contributed by atoms with E-state index in [1.54, 1.807) is 0 Å². The van der Waals surface area contributed by atoms with Crippen LogP contribution in [0.3, 0.4) is 0 Å². The van der Waals surface area contributed by atoms with Crippen molar-refractivity contribution in [3.05, 3.63) is 74.1 Å². The van der Waals surface area contributed by atoms with E-state index in [4.69, 9.17) is 4.74 Å². The van der Waals surface area contributed by atoms with Gasteiger partial charge in [-0.25, -0.2) is 0 Å². The van der Waals surface area contributed by atoms with Crippen LogP contribution in [0.4, 0.5) is 21.5 Å². The Labute approximate surface area is 146 Å². The average Bonchev–Trinajstić information content (AvgIpc) is 2.59. The second-order valence-corrected chi connectivity index (χ2v) is 4.93. The fourth-order valence-corrected chi connectivity index (χ4v) is 2.04. The summed E-state index contributed by atoms with van der Waals surface area (Å²) >= 11 is 0. The van der Waals surface area contributed by atoms with Crippen LogP contribution < -0.4 is 10.1 Å². The number of nitrogens with zero attached hydrogens (tertiary/aromatic N) is 2. The summed E-state index contributed by atoms with van der Waals surface area (Å²) in [5.74, 6) is -1.60. The Bertz CT molecular complexity index is 913. The number of amides is 1. The molecule has 2 aromatic rings. The lowest BCUT2D eigenvalue weighted by atomic mass is 10.2. The SMILES string of the molecule is COc1ccc(NC(=O)C=Cc2ccc([N+](=O)[O-])c(F)c2)cc1[N+](=O)[O-]. The lowest BCUT2D eigenvalue weighted by Crippen LogP contribution is -2.08. The van der Waals surface area contributed by atoms with Gasteiger partial charge in [0.1, 0.15) is 0 Å². The van der Waals surface area contributed by atoms with Crippen LogP contribution in [-0.2, 0) is 4.79 Å². The molecule has 1 N–H and O–H groups in total. The molecule has 26 heavy (non-hydrogen) atoms. The molecule has 0 saturated carbocycles. The molecule has 0 aliphatic heterocycles. The van der Waals surface area contributed by atoms with E-state index < -0.39 is 27.3 Å². The van der Waals surface area contributed by atoms with E-state index >= 15 is 0 Å². The van der Waals surface area contributed by atoms with Crippen molar-refractivity contribution in [1.82, 2.24) is 0 Å². The number of hydrogen-bond acceptors (Lipinski definition) is 6. The molecule has 0 atom stereocenters. The van der Waals surface area contributed by atoms with Crippen LogP contribution in [0.15, 0.2) is 42.5 Å². The molecule has 0 fully saturated rings. The van der Waals surface area contributed by atoms with Crippen molar-refractivity contribution < 1.29 is 23.8 Å². The van der Waals surface area contributed by atoms with Gasteiger partial charge in [-0.2, -0.15) is 4.39 Å². The van der Waals surface area contributed by atoms with Crippen LogP contribution in [0.25, 0.3) is 6.08 Å². The maximum absolute atomic E-state index is 13.5. The van der Waals surface area contributed by atoms with Crippen LogP contribution in [0.5, 0.6) is 5.75 Å². The Hall–Kier alpha value is -3.82. The first kappa shape index (κ1) is 18.5. The zero-order valence-corrected chi connectivity index (χ0v) is 13.3. The molecule has 0 bridgehead atoms. The molecule has 0 radical (unpaired) electrons. The Morgan fingerprint density at radius 3 is 2.38 bits per heavy atom. The zero-order chi connectivity index (χ0) is 19.3. The fourth-order valence-electron chi connectivity index (χ4n) is 2.04. The van der Waals surface area contributed by atoms with Crippen molar-refractivity contribution in [3.63, 3.8) is 0 Å². The van der Waals surface area contributed by atoms with E-state index in [1.165, 1.54) is 31.4 Å². The number of carbonyl (C=O) groups excluding carboxylic acids is 1. The van der Waals surface area contributed by atoms with Gasteiger partial charge in [-0.1, -0.05) is 0 Å². The van der Waals surface area contributed by atoms with E-state index in [2.05, 4.69) is 5.32 Å². The summed E-state index contributed by atoms with van der Waals surface area (Å²) in [6.07, 6.45) is 2.32. The van der Waals surface area contributed by atoms with Crippen molar-refractivity contribution in [2.75, 3.05) is 12.4 Å². The third kappa shape index (κ3) is 4.38. The highest BCUT2D eigenvalue weighted by atomic mass is 19.1. The molecular formula is C16H12FN3O6. The summed E-state index contributed by atoms with van der Waals surface area (Å²) in [6, 6.07) is 7.07. The van der Waals surface area contributed by atoms with Gasteiger partial charge in [0.25, 0.3) is 0 Å². The minimum Gasteiger partial charge on any atom is -0.490 e.